The Labute approximate surface area is 159 Å². The maximum atomic E-state index is 12.4. The third-order valence-electron chi connectivity index (χ3n) is 4.03. The van der Waals surface area contributed by atoms with Crippen molar-refractivity contribution in [2.45, 2.75) is 30.3 Å². The Bertz CT molecular complexity index is 849. The van der Waals surface area contributed by atoms with Crippen molar-refractivity contribution in [1.29, 1.82) is 0 Å². The van der Waals surface area contributed by atoms with E-state index in [9.17, 15) is 18.3 Å². The van der Waals surface area contributed by atoms with Crippen LogP contribution in [0.3, 0.4) is 0 Å². The molecule has 0 heterocycles. The molecular formula is C19H24N2O5S. The molecule has 0 saturated carbocycles. The van der Waals surface area contributed by atoms with Crippen molar-refractivity contribution in [3.05, 3.63) is 60.2 Å². The number of carbonyl (C=O) groups is 1. The third kappa shape index (κ3) is 6.67. The van der Waals surface area contributed by atoms with Gasteiger partial charge >= 0.3 is 6.09 Å². The van der Waals surface area contributed by atoms with Gasteiger partial charge in [-0.3, -0.25) is 5.32 Å². The summed E-state index contributed by atoms with van der Waals surface area (Å²) in [5.41, 5.74) is 0.305. The molecule has 0 fully saturated rings. The number of aliphatic hydroxyl groups is 1. The Morgan fingerprint density at radius 3 is 2.33 bits per heavy atom. The van der Waals surface area contributed by atoms with Crippen molar-refractivity contribution in [3.8, 4) is 0 Å². The number of amides is 1. The second-order valence-electron chi connectivity index (χ2n) is 6.45. The molecule has 0 aliphatic rings. The zero-order valence-electron chi connectivity index (χ0n) is 15.3. The summed E-state index contributed by atoms with van der Waals surface area (Å²) in [6.07, 6.45) is 0.420. The van der Waals surface area contributed by atoms with Crippen LogP contribution in [0.15, 0.2) is 59.5 Å². The van der Waals surface area contributed by atoms with Crippen LogP contribution in [0.1, 0.15) is 18.9 Å². The lowest BCUT2D eigenvalue weighted by atomic mass is 9.97. The van der Waals surface area contributed by atoms with E-state index in [0.717, 1.165) is 5.56 Å². The largest absolute Gasteiger partial charge is 0.453 e. The number of anilines is 1. The van der Waals surface area contributed by atoms with Gasteiger partial charge in [0, 0.05) is 12.2 Å². The SMILES string of the molecule is COC(=O)Nc1ccc(S(=O)(=O)NC[C@](C)(O)CCc2ccccc2)cc1. The summed E-state index contributed by atoms with van der Waals surface area (Å²) in [7, 11) is -2.54. The number of benzene rings is 2. The lowest BCUT2D eigenvalue weighted by Gasteiger charge is -2.23. The lowest BCUT2D eigenvalue weighted by Crippen LogP contribution is -2.40. The monoisotopic (exact) mass is 392 g/mol. The molecule has 0 spiro atoms. The van der Waals surface area contributed by atoms with Gasteiger partial charge in [-0.1, -0.05) is 30.3 Å². The molecule has 0 saturated heterocycles. The minimum atomic E-state index is -3.78. The van der Waals surface area contributed by atoms with Gasteiger partial charge in [0.25, 0.3) is 0 Å². The average molecular weight is 392 g/mol. The lowest BCUT2D eigenvalue weighted by molar-refractivity contribution is 0.0565. The van der Waals surface area contributed by atoms with Crippen LogP contribution < -0.4 is 10.0 Å². The van der Waals surface area contributed by atoms with Crippen LogP contribution in [0, 0.1) is 0 Å². The van der Waals surface area contributed by atoms with Crippen molar-refractivity contribution in [1.82, 2.24) is 4.72 Å². The Morgan fingerprint density at radius 2 is 1.74 bits per heavy atom. The van der Waals surface area contributed by atoms with Gasteiger partial charge < -0.3 is 9.84 Å². The summed E-state index contributed by atoms with van der Waals surface area (Å²) in [6.45, 7) is 1.49. The van der Waals surface area contributed by atoms with Crippen molar-refractivity contribution in [2.75, 3.05) is 19.0 Å². The summed E-state index contributed by atoms with van der Waals surface area (Å²) in [4.78, 5) is 11.2. The van der Waals surface area contributed by atoms with Crippen LogP contribution in [-0.4, -0.2) is 38.9 Å². The number of sulfonamides is 1. The summed E-state index contributed by atoms with van der Waals surface area (Å²) in [5, 5.41) is 12.9. The molecular weight excluding hydrogens is 368 g/mol. The zero-order chi connectivity index (χ0) is 19.9. The first kappa shape index (κ1) is 20.9. The van der Waals surface area contributed by atoms with Gasteiger partial charge in [0.2, 0.25) is 10.0 Å². The number of hydrogen-bond donors (Lipinski definition) is 3. The predicted octanol–water partition coefficient (Wildman–Crippen LogP) is 2.53. The van der Waals surface area contributed by atoms with E-state index in [0.29, 0.717) is 18.5 Å². The summed E-state index contributed by atoms with van der Waals surface area (Å²) < 4.78 is 31.7. The first-order chi connectivity index (χ1) is 12.7. The van der Waals surface area contributed by atoms with Crippen molar-refractivity contribution in [3.63, 3.8) is 0 Å². The minimum absolute atomic E-state index is 0.0387. The van der Waals surface area contributed by atoms with Crippen LogP contribution >= 0.6 is 0 Å². The Morgan fingerprint density at radius 1 is 1.11 bits per heavy atom. The van der Waals surface area contributed by atoms with Gasteiger partial charge in [-0.25, -0.2) is 17.9 Å². The predicted molar refractivity (Wildman–Crippen MR) is 103 cm³/mol. The highest BCUT2D eigenvalue weighted by Gasteiger charge is 2.24. The Kier molecular flexibility index (Phi) is 6.95. The van der Waals surface area contributed by atoms with E-state index < -0.39 is 21.7 Å². The number of methoxy groups -OCH3 is 1. The van der Waals surface area contributed by atoms with Gasteiger partial charge in [0.15, 0.2) is 0 Å². The van der Waals surface area contributed by atoms with Gasteiger partial charge in [-0.2, -0.15) is 0 Å². The van der Waals surface area contributed by atoms with Crippen LogP contribution in [-0.2, 0) is 21.2 Å². The quantitative estimate of drug-likeness (QED) is 0.640. The molecule has 7 nitrogen and oxygen atoms in total. The molecule has 0 radical (unpaired) electrons. The summed E-state index contributed by atoms with van der Waals surface area (Å²) in [6, 6.07) is 15.3. The van der Waals surface area contributed by atoms with Crippen LogP contribution in [0.25, 0.3) is 0 Å². The van der Waals surface area contributed by atoms with E-state index in [1.807, 2.05) is 30.3 Å². The number of carbonyl (C=O) groups excluding carboxylic acids is 1. The van der Waals surface area contributed by atoms with Crippen LogP contribution in [0.4, 0.5) is 10.5 Å². The van der Waals surface area contributed by atoms with E-state index in [-0.39, 0.29) is 11.4 Å². The number of ether oxygens (including phenoxy) is 1. The molecule has 8 heteroatoms. The fraction of sp³-hybridized carbons (Fsp3) is 0.316. The topological polar surface area (TPSA) is 105 Å². The zero-order valence-corrected chi connectivity index (χ0v) is 16.1. The Hall–Kier alpha value is -2.42. The van der Waals surface area contributed by atoms with E-state index in [1.165, 1.54) is 31.4 Å². The van der Waals surface area contributed by atoms with E-state index in [4.69, 9.17) is 0 Å². The molecule has 27 heavy (non-hydrogen) atoms. The molecule has 1 amide bonds. The first-order valence-corrected chi connectivity index (χ1v) is 9.91. The van der Waals surface area contributed by atoms with Gasteiger partial charge in [0.1, 0.15) is 0 Å². The highest BCUT2D eigenvalue weighted by atomic mass is 32.2. The van der Waals surface area contributed by atoms with Crippen LogP contribution in [0.2, 0.25) is 0 Å². The maximum absolute atomic E-state index is 12.4. The molecule has 146 valence electrons. The number of rotatable bonds is 8. The van der Waals surface area contributed by atoms with Crippen molar-refractivity contribution >= 4 is 21.8 Å². The maximum Gasteiger partial charge on any atom is 0.411 e. The second kappa shape index (κ2) is 8.98. The van der Waals surface area contributed by atoms with E-state index >= 15 is 0 Å². The van der Waals surface area contributed by atoms with Gasteiger partial charge in [-0.15, -0.1) is 0 Å². The average Bonchev–Trinajstić information content (AvgIpc) is 2.66. The third-order valence-corrected chi connectivity index (χ3v) is 5.45. The first-order valence-electron chi connectivity index (χ1n) is 8.43. The molecule has 2 aromatic carbocycles. The fourth-order valence-electron chi connectivity index (χ4n) is 2.37. The molecule has 0 aromatic heterocycles. The summed E-state index contributed by atoms with van der Waals surface area (Å²) in [5.74, 6) is 0. The highest BCUT2D eigenvalue weighted by Crippen LogP contribution is 2.17. The van der Waals surface area contributed by atoms with Crippen LogP contribution in [0.5, 0.6) is 0 Å². The standard InChI is InChI=1S/C19H24N2O5S/c1-19(23,13-12-15-6-4-3-5-7-15)14-20-27(24,25)17-10-8-16(9-11-17)21-18(22)26-2/h3-11,20,23H,12-14H2,1-2H3,(H,21,22)/t19-/m1/s1. The van der Waals surface area contributed by atoms with E-state index in [1.54, 1.807) is 6.92 Å². The number of hydrogen-bond acceptors (Lipinski definition) is 5. The number of aryl methyl sites for hydroxylation is 1. The smallest absolute Gasteiger partial charge is 0.411 e. The van der Waals surface area contributed by atoms with Crippen molar-refractivity contribution < 1.29 is 23.1 Å². The highest BCUT2D eigenvalue weighted by molar-refractivity contribution is 7.89. The molecule has 2 aromatic rings. The van der Waals surface area contributed by atoms with Gasteiger partial charge in [-0.05, 0) is 49.6 Å². The Balaban J connectivity index is 1.93. The molecule has 0 unspecified atom stereocenters. The fourth-order valence-corrected chi connectivity index (χ4v) is 3.53. The minimum Gasteiger partial charge on any atom is -0.453 e. The molecule has 0 bridgehead atoms. The molecule has 0 aliphatic carbocycles. The molecule has 0 aliphatic heterocycles. The van der Waals surface area contributed by atoms with Crippen molar-refractivity contribution in [2.24, 2.45) is 0 Å². The second-order valence-corrected chi connectivity index (χ2v) is 8.22. The molecule has 3 N–H and O–H groups in total. The summed E-state index contributed by atoms with van der Waals surface area (Å²) >= 11 is 0. The molecule has 2 rings (SSSR count). The molecule has 1 atom stereocenters. The normalized spacial score (nSPS) is 13.6. The van der Waals surface area contributed by atoms with E-state index in [2.05, 4.69) is 14.8 Å². The van der Waals surface area contributed by atoms with Gasteiger partial charge in [0.05, 0.1) is 17.6 Å². The number of nitrogens with one attached hydrogen (secondary N) is 2.